The highest BCUT2D eigenvalue weighted by Crippen LogP contribution is 2.32. The van der Waals surface area contributed by atoms with E-state index in [-0.39, 0.29) is 11.8 Å². The fraction of sp³-hybridized carbons (Fsp3) is 0.267. The van der Waals surface area contributed by atoms with E-state index in [1.165, 1.54) is 0 Å². The lowest BCUT2D eigenvalue weighted by atomic mass is 10.1. The van der Waals surface area contributed by atoms with E-state index in [9.17, 15) is 31.3 Å². The third kappa shape index (κ3) is 18.3. The lowest BCUT2D eigenvalue weighted by Crippen LogP contribution is -2.25. The third-order valence-corrected chi connectivity index (χ3v) is 10.5. The average Bonchev–Trinajstić information content (AvgIpc) is 3.82. The summed E-state index contributed by atoms with van der Waals surface area (Å²) in [5, 5.41) is 31.2. The Morgan fingerprint density at radius 3 is 1.29 bits per heavy atom. The third-order valence-electron chi connectivity index (χ3n) is 9.56. The SMILES string of the molecule is C=S(=O)([O-])OC.COS(=O)(=O)[O-].Cn1cc[n+](C)c1N=Nc1cc(NC(=O)c2ccccc2)ccc1NCCCCCCNc1ccc(NC(=O)c2ccccc2)cc1N=Nc1n(C)cc[n+]1C. The number of nitrogens with zero attached hydrogens (tertiary/aromatic N) is 8. The second-order valence-electron chi connectivity index (χ2n) is 14.7. The van der Waals surface area contributed by atoms with Crippen LogP contribution in [0.2, 0.25) is 0 Å². The highest BCUT2D eigenvalue weighted by Gasteiger charge is 2.15. The molecule has 0 saturated carbocycles. The van der Waals surface area contributed by atoms with Crippen LogP contribution >= 0.6 is 0 Å². The molecule has 2 heterocycles. The van der Waals surface area contributed by atoms with Crippen molar-refractivity contribution in [3.63, 3.8) is 0 Å². The van der Waals surface area contributed by atoms with Crippen molar-refractivity contribution >= 4 is 84.2 Å². The first kappa shape index (κ1) is 53.5. The smallest absolute Gasteiger partial charge is 0.421 e. The highest BCUT2D eigenvalue weighted by molar-refractivity contribution is 7.90. The van der Waals surface area contributed by atoms with Crippen molar-refractivity contribution < 1.29 is 48.8 Å². The van der Waals surface area contributed by atoms with E-state index in [4.69, 9.17) is 0 Å². The number of anilines is 4. The summed E-state index contributed by atoms with van der Waals surface area (Å²) >= 11 is 0. The number of hydrogen-bond donors (Lipinski definition) is 4. The van der Waals surface area contributed by atoms with Crippen LogP contribution in [-0.2, 0) is 57.0 Å². The Hall–Kier alpha value is -7.15. The zero-order valence-corrected chi connectivity index (χ0v) is 40.2. The second kappa shape index (κ2) is 26.3. The molecule has 4 aromatic carbocycles. The van der Waals surface area contributed by atoms with Gasteiger partial charge < -0.3 is 34.6 Å². The largest absolute Gasteiger partial charge is 0.757 e. The molecule has 4 N–H and O–H groups in total. The maximum atomic E-state index is 12.8. The van der Waals surface area contributed by atoms with Gasteiger partial charge in [-0.3, -0.25) is 18.0 Å². The van der Waals surface area contributed by atoms with Crippen molar-refractivity contribution in [3.8, 4) is 0 Å². The number of aromatic nitrogens is 4. The Kier molecular flexibility index (Phi) is 20.6. The van der Waals surface area contributed by atoms with Crippen LogP contribution in [0.4, 0.5) is 46.0 Å². The van der Waals surface area contributed by atoms with Crippen LogP contribution in [0.25, 0.3) is 0 Å². The minimum atomic E-state index is -4.41. The zero-order chi connectivity index (χ0) is 49.7. The summed E-state index contributed by atoms with van der Waals surface area (Å²) in [7, 11) is 1.71. The van der Waals surface area contributed by atoms with Gasteiger partial charge in [-0.05, 0) is 79.4 Å². The molecule has 68 heavy (non-hydrogen) atoms. The topological polar surface area (TPSA) is 265 Å². The highest BCUT2D eigenvalue weighted by atomic mass is 32.3. The van der Waals surface area contributed by atoms with Crippen molar-refractivity contribution in [2.75, 3.05) is 48.6 Å². The number of carbonyl (C=O) groups is 2. The predicted molar refractivity (Wildman–Crippen MR) is 258 cm³/mol. The maximum Gasteiger partial charge on any atom is 0.421 e. The monoisotopic (exact) mass is 972 g/mol. The van der Waals surface area contributed by atoms with Crippen molar-refractivity contribution in [2.24, 2.45) is 48.6 Å². The van der Waals surface area contributed by atoms with Gasteiger partial charge in [0.05, 0.1) is 78.6 Å². The molecule has 6 rings (SSSR count). The quantitative estimate of drug-likeness (QED) is 0.0162. The lowest BCUT2D eigenvalue weighted by molar-refractivity contribution is -0.657. The van der Waals surface area contributed by atoms with E-state index in [0.29, 0.717) is 45.8 Å². The lowest BCUT2D eigenvalue weighted by Gasteiger charge is -2.12. The van der Waals surface area contributed by atoms with Gasteiger partial charge >= 0.3 is 11.9 Å². The van der Waals surface area contributed by atoms with Gasteiger partial charge in [-0.1, -0.05) is 59.5 Å². The molecule has 21 nitrogen and oxygen atoms in total. The summed E-state index contributed by atoms with van der Waals surface area (Å²) in [6.07, 6.45) is 11.6. The van der Waals surface area contributed by atoms with Gasteiger partial charge in [0.25, 0.3) is 11.8 Å². The van der Waals surface area contributed by atoms with Crippen LogP contribution in [0, 0.1) is 0 Å². The molecule has 0 spiro atoms. The van der Waals surface area contributed by atoms with Gasteiger partial charge in [0, 0.05) is 55.9 Å². The Labute approximate surface area is 396 Å². The number of hydrogen-bond acceptors (Lipinski definition) is 15. The number of azo groups is 2. The second-order valence-corrected chi connectivity index (χ2v) is 17.3. The number of benzene rings is 4. The van der Waals surface area contributed by atoms with Gasteiger partial charge in [-0.2, -0.15) is 0 Å². The first-order valence-corrected chi connectivity index (χ1v) is 23.8. The van der Waals surface area contributed by atoms with E-state index < -0.39 is 20.5 Å². The Morgan fingerprint density at radius 2 is 0.985 bits per heavy atom. The van der Waals surface area contributed by atoms with Gasteiger partial charge in [-0.25, -0.2) is 26.7 Å². The van der Waals surface area contributed by atoms with Crippen LogP contribution in [-0.4, -0.2) is 75.9 Å². The molecule has 2 amide bonds. The van der Waals surface area contributed by atoms with Gasteiger partial charge in [0.2, 0.25) is 10.4 Å². The number of rotatable bonds is 19. The molecule has 23 heteroatoms. The molecule has 0 bridgehead atoms. The average molecular weight is 973 g/mol. The summed E-state index contributed by atoms with van der Waals surface area (Å²) in [5.74, 6) is 3.64. The molecular weight excluding hydrogens is 917 g/mol. The summed E-state index contributed by atoms with van der Waals surface area (Å²) in [4.78, 5) is 25.7. The Morgan fingerprint density at radius 1 is 0.618 bits per heavy atom. The fourth-order valence-corrected chi connectivity index (χ4v) is 5.96. The zero-order valence-electron chi connectivity index (χ0n) is 38.6. The summed E-state index contributed by atoms with van der Waals surface area (Å²) in [6, 6.07) is 29.5. The van der Waals surface area contributed by atoms with Crippen LogP contribution in [0.1, 0.15) is 46.4 Å². The van der Waals surface area contributed by atoms with E-state index in [1.54, 1.807) is 24.3 Å². The summed E-state index contributed by atoms with van der Waals surface area (Å²) in [5.41, 5.74) is 5.34. The van der Waals surface area contributed by atoms with Crippen molar-refractivity contribution in [3.05, 3.63) is 133 Å². The number of aryl methyl sites for hydroxylation is 4. The maximum absolute atomic E-state index is 12.8. The Balaban J connectivity index is 0.000000745. The summed E-state index contributed by atoms with van der Waals surface area (Å²) < 4.78 is 61.7. The van der Waals surface area contributed by atoms with Crippen molar-refractivity contribution in [1.29, 1.82) is 0 Å². The molecule has 2 aromatic heterocycles. The molecule has 1 unspecified atom stereocenters. The molecule has 1 atom stereocenters. The van der Waals surface area contributed by atoms with Crippen LogP contribution in [0.3, 0.4) is 0 Å². The molecule has 0 aliphatic rings. The number of unbranched alkanes of at least 4 members (excludes halogenated alkanes) is 3. The van der Waals surface area contributed by atoms with E-state index in [2.05, 4.69) is 56.0 Å². The van der Waals surface area contributed by atoms with Crippen molar-refractivity contribution in [1.82, 2.24) is 9.13 Å². The molecule has 0 saturated heterocycles. The van der Waals surface area contributed by atoms with Crippen LogP contribution in [0.5, 0.6) is 0 Å². The normalized spacial score (nSPS) is 12.1. The molecule has 0 aliphatic carbocycles. The van der Waals surface area contributed by atoms with Crippen LogP contribution in [0.15, 0.2) is 142 Å². The van der Waals surface area contributed by atoms with Gasteiger partial charge in [0.1, 0.15) is 11.4 Å². The number of nitrogens with one attached hydrogen (secondary N) is 4. The number of imidazole rings is 2. The van der Waals surface area contributed by atoms with E-state index in [0.717, 1.165) is 64.4 Å². The molecule has 0 aliphatic heterocycles. The van der Waals surface area contributed by atoms with E-state index >= 15 is 0 Å². The molecular formula is C45H56N12O9S2. The van der Waals surface area contributed by atoms with E-state index in [1.807, 2.05) is 144 Å². The molecule has 0 fully saturated rings. The first-order valence-electron chi connectivity index (χ1n) is 20.9. The predicted octanol–water partition coefficient (Wildman–Crippen LogP) is 6.92. The van der Waals surface area contributed by atoms with Crippen molar-refractivity contribution in [2.45, 2.75) is 25.7 Å². The van der Waals surface area contributed by atoms with Crippen LogP contribution < -0.4 is 30.4 Å². The minimum Gasteiger partial charge on any atom is -0.757 e. The van der Waals surface area contributed by atoms with Gasteiger partial charge in [-0.15, -0.1) is 0 Å². The number of carbonyl (C=O) groups excluding carboxylic acids is 2. The minimum absolute atomic E-state index is 0.191. The summed E-state index contributed by atoms with van der Waals surface area (Å²) in [6.45, 7) is 1.50. The Bertz CT molecular complexity index is 2640. The standard InChI is InChI=1S/C42H46N12O2.C2H6O3S.CH4O4S/c1-51-25-26-52(2)41(51)49-47-37-29-33(45-39(55)31-15-9-7-10-16-31)19-21-35(37)43-23-13-5-6-14-24-44-36-22-20-34(46-40(56)32-17-11-8-12-18-32)30-38(36)48-50-42-53(3)27-28-54(42)4;2*1-5-6(2,3)4/h7-12,15-22,25-30H,5-6,13-14,23-24H2,1-4H3,(H2,45,46,47,48,55,56);2H2,1H3,(H,3,4);1H3,(H,2,3,4). The molecule has 362 valence electrons. The fourth-order valence-electron chi connectivity index (χ4n) is 5.96. The molecule has 6 aromatic rings. The van der Waals surface area contributed by atoms with Gasteiger partial charge in [0.15, 0.2) is 0 Å². The first-order chi connectivity index (χ1) is 32.4. The molecule has 0 radical (unpaired) electrons. The number of amides is 2.